The van der Waals surface area contributed by atoms with E-state index in [1.807, 2.05) is 0 Å². The maximum atomic E-state index is 12.9. The largest absolute Gasteiger partial charge is 0.206 e. The zero-order valence-electron chi connectivity index (χ0n) is 6.48. The first-order valence-electron chi connectivity index (χ1n) is 3.64. The summed E-state index contributed by atoms with van der Waals surface area (Å²) in [6.07, 6.45) is 0.744. The fourth-order valence-corrected chi connectivity index (χ4v) is 0.966. The Morgan fingerprint density at radius 2 is 2.08 bits per heavy atom. The molecular formula is C10H8BrF. The van der Waals surface area contributed by atoms with E-state index in [1.165, 1.54) is 6.07 Å². The van der Waals surface area contributed by atoms with E-state index in [2.05, 4.69) is 27.8 Å². The second kappa shape index (κ2) is 4.95. The standard InChI is InChI=1S/C10H8BrF/c11-8-4-3-6-9-5-1-2-7-10(9)12/h1-2,5,7H,4,8H2. The Labute approximate surface area is 79.9 Å². The summed E-state index contributed by atoms with van der Waals surface area (Å²) in [5.74, 6) is 5.36. The first kappa shape index (κ1) is 9.28. The molecule has 62 valence electrons. The molecule has 0 nitrogen and oxygen atoms in total. The van der Waals surface area contributed by atoms with Crippen molar-refractivity contribution in [1.29, 1.82) is 0 Å². The zero-order valence-corrected chi connectivity index (χ0v) is 8.07. The third-order valence-corrected chi connectivity index (χ3v) is 1.71. The summed E-state index contributed by atoms with van der Waals surface area (Å²) < 4.78 is 12.9. The van der Waals surface area contributed by atoms with Gasteiger partial charge in [0.1, 0.15) is 5.82 Å². The van der Waals surface area contributed by atoms with E-state index >= 15 is 0 Å². The molecule has 0 saturated heterocycles. The number of hydrogen-bond acceptors (Lipinski definition) is 0. The van der Waals surface area contributed by atoms with Crippen molar-refractivity contribution in [3.63, 3.8) is 0 Å². The smallest absolute Gasteiger partial charge is 0.138 e. The van der Waals surface area contributed by atoms with Crippen LogP contribution in [0.2, 0.25) is 0 Å². The first-order valence-corrected chi connectivity index (χ1v) is 4.76. The Bertz CT molecular complexity index is 309. The first-order chi connectivity index (χ1) is 5.84. The second-order valence-corrected chi connectivity index (χ2v) is 3.01. The van der Waals surface area contributed by atoms with Crippen LogP contribution in [0.25, 0.3) is 0 Å². The molecule has 0 fully saturated rings. The molecule has 0 unspecified atom stereocenters. The molecule has 0 bridgehead atoms. The monoisotopic (exact) mass is 226 g/mol. The minimum absolute atomic E-state index is 0.250. The van der Waals surface area contributed by atoms with E-state index in [4.69, 9.17) is 0 Å². The van der Waals surface area contributed by atoms with Gasteiger partial charge in [0.2, 0.25) is 0 Å². The van der Waals surface area contributed by atoms with Crippen LogP contribution in [0.5, 0.6) is 0 Å². The van der Waals surface area contributed by atoms with Crippen LogP contribution in [0.15, 0.2) is 24.3 Å². The van der Waals surface area contributed by atoms with Gasteiger partial charge in [0.25, 0.3) is 0 Å². The van der Waals surface area contributed by atoms with Gasteiger partial charge >= 0.3 is 0 Å². The molecule has 2 heteroatoms. The van der Waals surface area contributed by atoms with E-state index in [1.54, 1.807) is 18.2 Å². The second-order valence-electron chi connectivity index (χ2n) is 2.22. The predicted molar refractivity (Wildman–Crippen MR) is 51.7 cm³/mol. The Morgan fingerprint density at radius 1 is 1.33 bits per heavy atom. The summed E-state index contributed by atoms with van der Waals surface area (Å²) in [5.41, 5.74) is 0.471. The average molecular weight is 227 g/mol. The quantitative estimate of drug-likeness (QED) is 0.511. The molecule has 0 spiro atoms. The van der Waals surface area contributed by atoms with Gasteiger partial charge in [-0.1, -0.05) is 39.9 Å². The molecule has 1 aromatic carbocycles. The van der Waals surface area contributed by atoms with E-state index < -0.39 is 0 Å². The highest BCUT2D eigenvalue weighted by Crippen LogP contribution is 2.03. The lowest BCUT2D eigenvalue weighted by molar-refractivity contribution is 0.624. The molecule has 0 heterocycles. The normalized spacial score (nSPS) is 8.83. The number of alkyl halides is 1. The Morgan fingerprint density at radius 3 is 2.75 bits per heavy atom. The van der Waals surface area contributed by atoms with Crippen LogP contribution < -0.4 is 0 Å². The van der Waals surface area contributed by atoms with Gasteiger partial charge in [-0.05, 0) is 12.1 Å². The van der Waals surface area contributed by atoms with Gasteiger partial charge in [-0.2, -0.15) is 0 Å². The number of hydrogen-bond donors (Lipinski definition) is 0. The van der Waals surface area contributed by atoms with Crippen LogP contribution in [-0.4, -0.2) is 5.33 Å². The van der Waals surface area contributed by atoms with Gasteiger partial charge in [-0.15, -0.1) is 0 Å². The van der Waals surface area contributed by atoms with Crippen molar-refractivity contribution in [1.82, 2.24) is 0 Å². The minimum Gasteiger partial charge on any atom is -0.206 e. The average Bonchev–Trinajstić information content (AvgIpc) is 2.09. The summed E-state index contributed by atoms with van der Waals surface area (Å²) in [6.45, 7) is 0. The van der Waals surface area contributed by atoms with Gasteiger partial charge < -0.3 is 0 Å². The van der Waals surface area contributed by atoms with Crippen molar-refractivity contribution in [2.75, 3.05) is 5.33 Å². The van der Waals surface area contributed by atoms with E-state index in [9.17, 15) is 4.39 Å². The SMILES string of the molecule is Fc1ccccc1C#CCCBr. The molecule has 0 amide bonds. The molecule has 0 N–H and O–H groups in total. The molecule has 0 aliphatic carbocycles. The van der Waals surface area contributed by atoms with Crippen molar-refractivity contribution < 1.29 is 4.39 Å². The molecule has 0 saturated carbocycles. The highest BCUT2D eigenvalue weighted by Gasteiger charge is 1.93. The van der Waals surface area contributed by atoms with Crippen LogP contribution in [0.4, 0.5) is 4.39 Å². The van der Waals surface area contributed by atoms with Crippen molar-refractivity contribution in [3.05, 3.63) is 35.6 Å². The Kier molecular flexibility index (Phi) is 3.83. The third-order valence-electron chi connectivity index (χ3n) is 1.32. The zero-order chi connectivity index (χ0) is 8.81. The van der Waals surface area contributed by atoms with Gasteiger partial charge in [0.05, 0.1) is 5.56 Å². The van der Waals surface area contributed by atoms with E-state index in [-0.39, 0.29) is 5.82 Å². The number of halogens is 2. The third kappa shape index (κ3) is 2.67. The fraction of sp³-hybridized carbons (Fsp3) is 0.200. The fourth-order valence-electron chi connectivity index (χ4n) is 0.768. The number of benzene rings is 1. The summed E-state index contributed by atoms with van der Waals surface area (Å²) in [6, 6.07) is 6.53. The molecule has 1 rings (SSSR count). The van der Waals surface area contributed by atoms with Gasteiger partial charge in [-0.3, -0.25) is 0 Å². The molecule has 0 aromatic heterocycles. The van der Waals surface area contributed by atoms with Crippen LogP contribution in [0, 0.1) is 17.7 Å². The Balaban J connectivity index is 2.77. The van der Waals surface area contributed by atoms with Crippen molar-refractivity contribution in [2.45, 2.75) is 6.42 Å². The van der Waals surface area contributed by atoms with E-state index in [0.717, 1.165) is 11.8 Å². The highest BCUT2D eigenvalue weighted by molar-refractivity contribution is 9.09. The maximum Gasteiger partial charge on any atom is 0.138 e. The van der Waals surface area contributed by atoms with Crippen LogP contribution in [0.1, 0.15) is 12.0 Å². The lowest BCUT2D eigenvalue weighted by atomic mass is 10.2. The number of rotatable bonds is 1. The van der Waals surface area contributed by atoms with Crippen molar-refractivity contribution >= 4 is 15.9 Å². The van der Waals surface area contributed by atoms with Crippen LogP contribution >= 0.6 is 15.9 Å². The summed E-state index contributed by atoms with van der Waals surface area (Å²) >= 11 is 3.25. The Hall–Kier alpha value is -0.810. The topological polar surface area (TPSA) is 0 Å². The molecule has 0 radical (unpaired) electrons. The predicted octanol–water partition coefficient (Wildman–Crippen LogP) is 2.96. The molecule has 1 aromatic rings. The molecule has 0 atom stereocenters. The minimum atomic E-state index is -0.250. The highest BCUT2D eigenvalue weighted by atomic mass is 79.9. The lowest BCUT2D eigenvalue weighted by Gasteiger charge is -1.90. The van der Waals surface area contributed by atoms with Gasteiger partial charge in [-0.25, -0.2) is 4.39 Å². The summed E-state index contributed by atoms with van der Waals surface area (Å²) in [7, 11) is 0. The van der Waals surface area contributed by atoms with Crippen molar-refractivity contribution in [2.24, 2.45) is 0 Å². The lowest BCUT2D eigenvalue weighted by Crippen LogP contribution is -1.80. The van der Waals surface area contributed by atoms with E-state index in [0.29, 0.717) is 5.56 Å². The van der Waals surface area contributed by atoms with Crippen molar-refractivity contribution in [3.8, 4) is 11.8 Å². The van der Waals surface area contributed by atoms with Gasteiger partial charge in [0, 0.05) is 11.8 Å². The summed E-state index contributed by atoms with van der Waals surface area (Å²) in [4.78, 5) is 0. The maximum absolute atomic E-state index is 12.9. The molecule has 0 aliphatic rings. The molecule has 12 heavy (non-hydrogen) atoms. The van der Waals surface area contributed by atoms with Gasteiger partial charge in [0.15, 0.2) is 0 Å². The molecular weight excluding hydrogens is 219 g/mol. The molecule has 0 aliphatic heterocycles. The summed E-state index contributed by atoms with van der Waals surface area (Å²) in [5, 5.41) is 0.828. The van der Waals surface area contributed by atoms with Crippen LogP contribution in [0.3, 0.4) is 0 Å². The van der Waals surface area contributed by atoms with Crippen LogP contribution in [-0.2, 0) is 0 Å².